The van der Waals surface area contributed by atoms with Crippen LogP contribution in [0.1, 0.15) is 23.6 Å². The van der Waals surface area contributed by atoms with Gasteiger partial charge in [-0.3, -0.25) is 0 Å². The van der Waals surface area contributed by atoms with Gasteiger partial charge in [0.2, 0.25) is 0 Å². The molecule has 0 aromatic heterocycles. The Morgan fingerprint density at radius 2 is 1.28 bits per heavy atom. The molecule has 1 nitrogen and oxygen atoms in total. The maximum Gasteiger partial charge on any atom is 0.0394 e. The zero-order valence-electron chi connectivity index (χ0n) is 16.9. The zero-order valence-corrected chi connectivity index (χ0v) is 16.9. The van der Waals surface area contributed by atoms with E-state index in [0.29, 0.717) is 0 Å². The van der Waals surface area contributed by atoms with Gasteiger partial charge < -0.3 is 5.73 Å². The number of hydrogen-bond acceptors (Lipinski definition) is 1. The van der Waals surface area contributed by atoms with Gasteiger partial charge in [-0.05, 0) is 59.4 Å². The van der Waals surface area contributed by atoms with E-state index in [1.54, 1.807) is 0 Å². The molecule has 0 aliphatic heterocycles. The van der Waals surface area contributed by atoms with E-state index in [1.807, 2.05) is 18.2 Å². The predicted molar refractivity (Wildman–Crippen MR) is 126 cm³/mol. The average Bonchev–Trinajstić information content (AvgIpc) is 2.76. The number of rotatable bonds is 4. The van der Waals surface area contributed by atoms with E-state index in [9.17, 15) is 0 Å². The minimum atomic E-state index is 0.793. The highest BCUT2D eigenvalue weighted by molar-refractivity contribution is 5.91. The first-order valence-corrected chi connectivity index (χ1v) is 9.91. The SMILES string of the molecule is C/C(=C\c1c(N)cccc1-c1ccc(-c2ccccc2)cc1)c1ccc(C)cc1. The van der Waals surface area contributed by atoms with Crippen LogP contribution in [-0.4, -0.2) is 0 Å². The minimum absolute atomic E-state index is 0.793. The van der Waals surface area contributed by atoms with Crippen LogP contribution >= 0.6 is 0 Å². The normalized spacial score (nSPS) is 11.4. The van der Waals surface area contributed by atoms with Crippen molar-refractivity contribution in [3.63, 3.8) is 0 Å². The van der Waals surface area contributed by atoms with Crippen LogP contribution in [0.3, 0.4) is 0 Å². The van der Waals surface area contributed by atoms with Crippen LogP contribution in [0, 0.1) is 6.92 Å². The summed E-state index contributed by atoms with van der Waals surface area (Å²) >= 11 is 0. The van der Waals surface area contributed by atoms with E-state index in [0.717, 1.165) is 16.8 Å². The van der Waals surface area contributed by atoms with E-state index in [-0.39, 0.29) is 0 Å². The van der Waals surface area contributed by atoms with Gasteiger partial charge in [0, 0.05) is 11.3 Å². The molecule has 0 aliphatic carbocycles. The predicted octanol–water partition coefficient (Wildman–Crippen LogP) is 7.47. The fraction of sp³-hybridized carbons (Fsp3) is 0.0714. The third kappa shape index (κ3) is 4.14. The van der Waals surface area contributed by atoms with Crippen molar-refractivity contribution in [3.8, 4) is 22.3 Å². The first kappa shape index (κ1) is 18.8. The van der Waals surface area contributed by atoms with Gasteiger partial charge in [0.05, 0.1) is 0 Å². The van der Waals surface area contributed by atoms with Crippen LogP contribution in [0.25, 0.3) is 33.9 Å². The van der Waals surface area contributed by atoms with Crippen LogP contribution in [0.2, 0.25) is 0 Å². The van der Waals surface area contributed by atoms with Gasteiger partial charge in [-0.25, -0.2) is 0 Å². The second kappa shape index (κ2) is 8.20. The van der Waals surface area contributed by atoms with Gasteiger partial charge in [-0.1, -0.05) is 96.6 Å². The second-order valence-corrected chi connectivity index (χ2v) is 7.45. The summed E-state index contributed by atoms with van der Waals surface area (Å²) in [6.07, 6.45) is 2.19. The summed E-state index contributed by atoms with van der Waals surface area (Å²) in [6.45, 7) is 4.24. The highest BCUT2D eigenvalue weighted by Gasteiger charge is 2.08. The molecule has 0 aliphatic rings. The third-order valence-corrected chi connectivity index (χ3v) is 5.31. The molecular formula is C28H25N. The lowest BCUT2D eigenvalue weighted by Crippen LogP contribution is -1.93. The number of anilines is 1. The van der Waals surface area contributed by atoms with Crippen LogP contribution in [0.5, 0.6) is 0 Å². The van der Waals surface area contributed by atoms with Gasteiger partial charge in [-0.15, -0.1) is 0 Å². The van der Waals surface area contributed by atoms with Crippen molar-refractivity contribution in [3.05, 3.63) is 114 Å². The molecule has 4 aromatic rings. The van der Waals surface area contributed by atoms with Crippen molar-refractivity contribution >= 4 is 17.3 Å². The Bertz CT molecular complexity index is 1140. The Morgan fingerprint density at radius 3 is 1.97 bits per heavy atom. The van der Waals surface area contributed by atoms with Crippen LogP contribution in [0.4, 0.5) is 5.69 Å². The van der Waals surface area contributed by atoms with Crippen LogP contribution < -0.4 is 5.73 Å². The molecule has 2 N–H and O–H groups in total. The average molecular weight is 376 g/mol. The maximum atomic E-state index is 6.39. The van der Waals surface area contributed by atoms with Crippen molar-refractivity contribution in [1.29, 1.82) is 0 Å². The molecule has 0 bridgehead atoms. The Morgan fingerprint density at radius 1 is 0.655 bits per heavy atom. The Labute approximate surface area is 173 Å². The molecule has 4 rings (SSSR count). The summed E-state index contributed by atoms with van der Waals surface area (Å²) in [5, 5.41) is 0. The largest absolute Gasteiger partial charge is 0.398 e. The van der Waals surface area contributed by atoms with Crippen molar-refractivity contribution in [2.24, 2.45) is 0 Å². The zero-order chi connectivity index (χ0) is 20.2. The molecule has 0 spiro atoms. The maximum absolute atomic E-state index is 6.39. The van der Waals surface area contributed by atoms with Gasteiger partial charge in [0.25, 0.3) is 0 Å². The topological polar surface area (TPSA) is 26.0 Å². The Kier molecular flexibility index (Phi) is 5.31. The molecule has 0 saturated heterocycles. The number of hydrogen-bond donors (Lipinski definition) is 1. The van der Waals surface area contributed by atoms with E-state index in [1.165, 1.54) is 33.4 Å². The van der Waals surface area contributed by atoms with Gasteiger partial charge in [0.1, 0.15) is 0 Å². The second-order valence-electron chi connectivity index (χ2n) is 7.45. The standard InChI is InChI=1S/C28H25N/c1-20-11-13-22(14-12-20)21(2)19-27-26(9-6-10-28(27)29)25-17-15-24(16-18-25)23-7-4-3-5-8-23/h3-19H,29H2,1-2H3/b21-19+. The van der Waals surface area contributed by atoms with Gasteiger partial charge in [0.15, 0.2) is 0 Å². The number of benzene rings is 4. The molecule has 0 radical (unpaired) electrons. The van der Waals surface area contributed by atoms with E-state index in [2.05, 4.69) is 98.8 Å². The molecule has 0 saturated carbocycles. The van der Waals surface area contributed by atoms with Gasteiger partial charge >= 0.3 is 0 Å². The van der Waals surface area contributed by atoms with Crippen molar-refractivity contribution in [2.45, 2.75) is 13.8 Å². The summed E-state index contributed by atoms with van der Waals surface area (Å²) in [5.74, 6) is 0. The molecule has 0 heterocycles. The summed E-state index contributed by atoms with van der Waals surface area (Å²) < 4.78 is 0. The summed E-state index contributed by atoms with van der Waals surface area (Å²) in [6, 6.07) is 33.9. The fourth-order valence-corrected chi connectivity index (χ4v) is 3.59. The first-order chi connectivity index (χ1) is 14.1. The van der Waals surface area contributed by atoms with E-state index < -0.39 is 0 Å². The lowest BCUT2D eigenvalue weighted by Gasteiger charge is -2.12. The lowest BCUT2D eigenvalue weighted by molar-refractivity contribution is 1.45. The Balaban J connectivity index is 1.73. The quantitative estimate of drug-likeness (QED) is 0.290. The molecule has 0 fully saturated rings. The highest BCUT2D eigenvalue weighted by Crippen LogP contribution is 2.32. The fourth-order valence-electron chi connectivity index (χ4n) is 3.59. The van der Waals surface area contributed by atoms with E-state index >= 15 is 0 Å². The van der Waals surface area contributed by atoms with Gasteiger partial charge in [-0.2, -0.15) is 0 Å². The molecule has 0 unspecified atom stereocenters. The first-order valence-electron chi connectivity index (χ1n) is 9.91. The third-order valence-electron chi connectivity index (χ3n) is 5.31. The van der Waals surface area contributed by atoms with Crippen molar-refractivity contribution in [2.75, 3.05) is 5.73 Å². The minimum Gasteiger partial charge on any atom is -0.398 e. The molecule has 1 heteroatoms. The lowest BCUT2D eigenvalue weighted by atomic mass is 9.94. The number of aryl methyl sites for hydroxylation is 1. The smallest absolute Gasteiger partial charge is 0.0394 e. The molecule has 0 atom stereocenters. The van der Waals surface area contributed by atoms with Crippen LogP contribution in [-0.2, 0) is 0 Å². The van der Waals surface area contributed by atoms with Crippen LogP contribution in [0.15, 0.2) is 97.1 Å². The molecule has 142 valence electrons. The van der Waals surface area contributed by atoms with E-state index in [4.69, 9.17) is 5.73 Å². The van der Waals surface area contributed by atoms with Crippen molar-refractivity contribution < 1.29 is 0 Å². The highest BCUT2D eigenvalue weighted by atomic mass is 14.6. The number of nitrogens with two attached hydrogens (primary N) is 1. The molecular weight excluding hydrogens is 350 g/mol. The molecule has 4 aromatic carbocycles. The monoisotopic (exact) mass is 375 g/mol. The summed E-state index contributed by atoms with van der Waals surface area (Å²) in [7, 11) is 0. The Hall–Kier alpha value is -3.58. The molecule has 0 amide bonds. The molecule has 29 heavy (non-hydrogen) atoms. The van der Waals surface area contributed by atoms with Crippen molar-refractivity contribution in [1.82, 2.24) is 0 Å². The number of allylic oxidation sites excluding steroid dienone is 1. The summed E-state index contributed by atoms with van der Waals surface area (Å²) in [5.41, 5.74) is 16.7. The number of nitrogen functional groups attached to an aromatic ring is 1. The summed E-state index contributed by atoms with van der Waals surface area (Å²) in [4.78, 5) is 0.